The van der Waals surface area contributed by atoms with Gasteiger partial charge in [-0.25, -0.2) is 9.07 Å². The van der Waals surface area contributed by atoms with Crippen molar-refractivity contribution in [3.8, 4) is 5.69 Å². The smallest absolute Gasteiger partial charge is 0.369 e. The number of rotatable bonds is 4. The van der Waals surface area contributed by atoms with Gasteiger partial charge in [0.25, 0.3) is 0 Å². The zero-order chi connectivity index (χ0) is 21.6. The molecule has 3 aromatic carbocycles. The van der Waals surface area contributed by atoms with Crippen LogP contribution in [0.25, 0.3) is 27.5 Å². The number of nitrogens with zero attached hydrogens (tertiary/aromatic N) is 2. The van der Waals surface area contributed by atoms with Gasteiger partial charge in [0.1, 0.15) is 11.9 Å². The lowest BCUT2D eigenvalue weighted by Crippen LogP contribution is -2.28. The maximum absolute atomic E-state index is 14.0. The van der Waals surface area contributed by atoms with Crippen LogP contribution in [0, 0.1) is 5.82 Å². The maximum Gasteiger partial charge on any atom is 0.412 e. The van der Waals surface area contributed by atoms with Gasteiger partial charge in [-0.3, -0.25) is 0 Å². The van der Waals surface area contributed by atoms with Gasteiger partial charge in [0, 0.05) is 17.0 Å². The topological polar surface area (TPSA) is 45.6 Å². The van der Waals surface area contributed by atoms with Crippen LogP contribution in [0.5, 0.6) is 0 Å². The van der Waals surface area contributed by atoms with Crippen molar-refractivity contribution in [1.82, 2.24) is 14.8 Å². The van der Waals surface area contributed by atoms with Gasteiger partial charge in [0.2, 0.25) is 0 Å². The molecule has 0 radical (unpaired) electrons. The number of anilines is 1. The predicted octanol–water partition coefficient (Wildman–Crippen LogP) is 6.36. The van der Waals surface area contributed by atoms with Crippen LogP contribution in [0.4, 0.5) is 23.2 Å². The van der Waals surface area contributed by atoms with E-state index in [2.05, 4.69) is 15.4 Å². The molecule has 1 atom stereocenters. The van der Waals surface area contributed by atoms with Gasteiger partial charge >= 0.3 is 6.18 Å². The minimum atomic E-state index is -4.52. The summed E-state index contributed by atoms with van der Waals surface area (Å²) in [6, 6.07) is 15.3. The van der Waals surface area contributed by atoms with Crippen molar-refractivity contribution in [3.63, 3.8) is 0 Å². The summed E-state index contributed by atoms with van der Waals surface area (Å²) in [4.78, 5) is 2.98. The van der Waals surface area contributed by atoms with Crippen molar-refractivity contribution in [2.24, 2.45) is 0 Å². The van der Waals surface area contributed by atoms with E-state index < -0.39 is 12.2 Å². The average Bonchev–Trinajstić information content (AvgIpc) is 3.38. The molecule has 1 unspecified atom stereocenters. The number of alkyl halides is 3. The number of aromatic nitrogens is 3. The molecule has 0 aliphatic carbocycles. The molecule has 0 saturated heterocycles. The number of fused-ring (bicyclic) bond motifs is 2. The molecule has 0 fully saturated rings. The Hall–Kier alpha value is -3.81. The quantitative estimate of drug-likeness (QED) is 0.330. The van der Waals surface area contributed by atoms with Crippen molar-refractivity contribution in [2.75, 3.05) is 5.32 Å². The van der Waals surface area contributed by atoms with Crippen molar-refractivity contribution < 1.29 is 17.6 Å². The Morgan fingerprint density at radius 1 is 0.935 bits per heavy atom. The molecule has 0 bridgehead atoms. The molecule has 2 N–H and O–H groups in total. The Labute approximate surface area is 174 Å². The highest BCUT2D eigenvalue weighted by atomic mass is 19.4. The van der Waals surface area contributed by atoms with Crippen molar-refractivity contribution in [3.05, 3.63) is 90.5 Å². The Balaban J connectivity index is 1.55. The van der Waals surface area contributed by atoms with E-state index >= 15 is 0 Å². The lowest BCUT2D eigenvalue weighted by molar-refractivity contribution is -0.143. The highest BCUT2D eigenvalue weighted by molar-refractivity contribution is 5.91. The molecule has 0 spiro atoms. The molecular weight excluding hydrogens is 408 g/mol. The summed E-state index contributed by atoms with van der Waals surface area (Å²) in [6.07, 6.45) is -1.33. The van der Waals surface area contributed by atoms with Crippen LogP contribution >= 0.6 is 0 Å². The van der Waals surface area contributed by atoms with E-state index in [4.69, 9.17) is 0 Å². The van der Waals surface area contributed by atoms with Gasteiger partial charge < -0.3 is 10.3 Å². The molecule has 0 aliphatic rings. The van der Waals surface area contributed by atoms with E-state index in [1.807, 2.05) is 6.07 Å². The fraction of sp³-hybridized carbons (Fsp3) is 0.0870. The van der Waals surface area contributed by atoms with Crippen LogP contribution in [-0.2, 0) is 0 Å². The zero-order valence-electron chi connectivity index (χ0n) is 16.0. The molecule has 5 aromatic rings. The summed E-state index contributed by atoms with van der Waals surface area (Å²) in [5, 5.41) is 8.29. The van der Waals surface area contributed by atoms with Gasteiger partial charge in [-0.15, -0.1) is 0 Å². The average molecular weight is 424 g/mol. The number of para-hydroxylation sites is 1. The Morgan fingerprint density at radius 2 is 1.74 bits per heavy atom. The Morgan fingerprint density at radius 3 is 2.52 bits per heavy atom. The first-order chi connectivity index (χ1) is 14.9. The lowest BCUT2D eigenvalue weighted by Gasteiger charge is -2.23. The van der Waals surface area contributed by atoms with E-state index in [-0.39, 0.29) is 11.4 Å². The van der Waals surface area contributed by atoms with Gasteiger partial charge in [0.05, 0.1) is 28.6 Å². The summed E-state index contributed by atoms with van der Waals surface area (Å²) in [5.41, 5.74) is 2.30. The number of H-pyrrole nitrogens is 1. The van der Waals surface area contributed by atoms with E-state index in [0.29, 0.717) is 27.8 Å². The zero-order valence-corrected chi connectivity index (χ0v) is 16.0. The second kappa shape index (κ2) is 7.16. The third kappa shape index (κ3) is 3.50. The maximum atomic E-state index is 14.0. The fourth-order valence-corrected chi connectivity index (χ4v) is 3.73. The van der Waals surface area contributed by atoms with Gasteiger partial charge in [-0.2, -0.15) is 18.3 Å². The van der Waals surface area contributed by atoms with Crippen LogP contribution in [0.15, 0.2) is 79.1 Å². The van der Waals surface area contributed by atoms with Crippen molar-refractivity contribution >= 4 is 27.5 Å². The third-order valence-electron chi connectivity index (χ3n) is 5.21. The lowest BCUT2D eigenvalue weighted by atomic mass is 10.0. The SMILES string of the molecule is Fc1ccc(-n2ncc3cc(C(Nc4cccc5cc[nH]c45)C(F)(F)F)ccc32)cc1. The van der Waals surface area contributed by atoms with Crippen LogP contribution in [0.3, 0.4) is 0 Å². The first-order valence-electron chi connectivity index (χ1n) is 9.53. The molecule has 2 aromatic heterocycles. The molecule has 0 aliphatic heterocycles. The molecular formula is C23H16F4N4. The van der Waals surface area contributed by atoms with Crippen LogP contribution in [0.1, 0.15) is 11.6 Å². The molecule has 2 heterocycles. The first-order valence-corrected chi connectivity index (χ1v) is 9.53. The number of hydrogen-bond donors (Lipinski definition) is 2. The molecule has 156 valence electrons. The molecule has 5 rings (SSSR count). The summed E-state index contributed by atoms with van der Waals surface area (Å²) in [5.74, 6) is -0.376. The molecule has 0 amide bonds. The predicted molar refractivity (Wildman–Crippen MR) is 112 cm³/mol. The number of hydrogen-bond acceptors (Lipinski definition) is 2. The number of halogens is 4. The highest BCUT2D eigenvalue weighted by Gasteiger charge is 2.41. The normalized spacial score (nSPS) is 13.0. The molecule has 31 heavy (non-hydrogen) atoms. The van der Waals surface area contributed by atoms with Crippen LogP contribution in [-0.4, -0.2) is 20.9 Å². The number of aromatic amines is 1. The first kappa shape index (κ1) is 19.2. The third-order valence-corrected chi connectivity index (χ3v) is 5.21. The highest BCUT2D eigenvalue weighted by Crippen LogP contribution is 2.38. The van der Waals surface area contributed by atoms with E-state index in [0.717, 1.165) is 5.39 Å². The molecule has 8 heteroatoms. The standard InChI is InChI=1S/C23H16F4N4/c24-17-5-7-18(8-6-17)31-20-9-4-15(12-16(20)13-29-31)22(23(25,26)27)30-19-3-1-2-14-10-11-28-21(14)19/h1-13,22,28,30H. The summed E-state index contributed by atoms with van der Waals surface area (Å²) >= 11 is 0. The molecule has 4 nitrogen and oxygen atoms in total. The summed E-state index contributed by atoms with van der Waals surface area (Å²) in [6.45, 7) is 0. The second-order valence-corrected chi connectivity index (χ2v) is 7.22. The van der Waals surface area contributed by atoms with Crippen LogP contribution < -0.4 is 5.32 Å². The minimum absolute atomic E-state index is 0.0715. The fourth-order valence-electron chi connectivity index (χ4n) is 3.73. The number of nitrogens with one attached hydrogen (secondary N) is 2. The van der Waals surface area contributed by atoms with Crippen molar-refractivity contribution in [1.29, 1.82) is 0 Å². The van der Waals surface area contributed by atoms with Crippen molar-refractivity contribution in [2.45, 2.75) is 12.2 Å². The number of benzene rings is 3. The van der Waals surface area contributed by atoms with Crippen LogP contribution in [0.2, 0.25) is 0 Å². The van der Waals surface area contributed by atoms with E-state index in [9.17, 15) is 17.6 Å². The van der Waals surface area contributed by atoms with Gasteiger partial charge in [-0.1, -0.05) is 18.2 Å². The van der Waals surface area contributed by atoms with E-state index in [1.54, 1.807) is 47.3 Å². The molecule has 0 saturated carbocycles. The Bertz CT molecular complexity index is 1370. The van der Waals surface area contributed by atoms with E-state index in [1.165, 1.54) is 30.5 Å². The summed E-state index contributed by atoms with van der Waals surface area (Å²) < 4.78 is 56.8. The monoisotopic (exact) mass is 424 g/mol. The van der Waals surface area contributed by atoms with Gasteiger partial charge in [0.15, 0.2) is 0 Å². The largest absolute Gasteiger partial charge is 0.412 e. The second-order valence-electron chi connectivity index (χ2n) is 7.22. The van der Waals surface area contributed by atoms with Gasteiger partial charge in [-0.05, 0) is 54.1 Å². The summed E-state index contributed by atoms with van der Waals surface area (Å²) in [7, 11) is 0. The minimum Gasteiger partial charge on any atom is -0.369 e. The Kier molecular flexibility index (Phi) is 4.43.